The van der Waals surface area contributed by atoms with Gasteiger partial charge in [0.2, 0.25) is 0 Å². The molecular weight excluding hydrogens is 386 g/mol. The molecule has 0 radical (unpaired) electrons. The molecule has 1 nitrogen and oxygen atoms in total. The van der Waals surface area contributed by atoms with E-state index in [0.29, 0.717) is 0 Å². The lowest BCUT2D eigenvalue weighted by atomic mass is 9.95. The Morgan fingerprint density at radius 1 is 0.375 bits per heavy atom. The molecule has 0 spiro atoms. The average Bonchev–Trinajstić information content (AvgIpc) is 2.87. The minimum absolute atomic E-state index is 1.01. The molecule has 0 aliphatic rings. The lowest BCUT2D eigenvalue weighted by molar-refractivity contribution is 1.42. The second-order valence-electron chi connectivity index (χ2n) is 8.44. The highest BCUT2D eigenvalue weighted by Crippen LogP contribution is 2.34. The van der Waals surface area contributed by atoms with Gasteiger partial charge >= 0.3 is 0 Å². The monoisotopic (exact) mass is 405 g/mol. The maximum atomic E-state index is 5.08. The Morgan fingerprint density at radius 3 is 1.78 bits per heavy atom. The van der Waals surface area contributed by atoms with Crippen LogP contribution in [-0.4, -0.2) is 4.98 Å². The van der Waals surface area contributed by atoms with Crippen molar-refractivity contribution in [3.05, 3.63) is 115 Å². The number of fused-ring (bicyclic) bond motifs is 8. The van der Waals surface area contributed by atoms with E-state index in [1.165, 1.54) is 48.5 Å². The van der Waals surface area contributed by atoms with Gasteiger partial charge in [0, 0.05) is 16.3 Å². The molecule has 0 saturated heterocycles. The molecule has 0 unspecified atom stereocenters. The van der Waals surface area contributed by atoms with E-state index in [2.05, 4.69) is 115 Å². The second kappa shape index (κ2) is 6.63. The lowest BCUT2D eigenvalue weighted by Crippen LogP contribution is -1.88. The fourth-order valence-electron chi connectivity index (χ4n) is 5.01. The molecule has 6 aromatic carbocycles. The predicted molar refractivity (Wildman–Crippen MR) is 137 cm³/mol. The highest BCUT2D eigenvalue weighted by atomic mass is 14.7. The SMILES string of the molecule is c1ccc2c(c1)ccc1c3ccc(-c4ccc5ccc6ccccc6c5n4)cc3ccc21. The van der Waals surface area contributed by atoms with Crippen LogP contribution in [0.2, 0.25) is 0 Å². The fraction of sp³-hybridized carbons (Fsp3) is 0. The van der Waals surface area contributed by atoms with E-state index < -0.39 is 0 Å². The molecule has 7 rings (SSSR count). The van der Waals surface area contributed by atoms with Crippen LogP contribution in [0.5, 0.6) is 0 Å². The van der Waals surface area contributed by atoms with Gasteiger partial charge < -0.3 is 0 Å². The van der Waals surface area contributed by atoms with Gasteiger partial charge in [0.1, 0.15) is 0 Å². The van der Waals surface area contributed by atoms with Crippen LogP contribution in [0.15, 0.2) is 115 Å². The summed E-state index contributed by atoms with van der Waals surface area (Å²) in [5.41, 5.74) is 3.22. The summed E-state index contributed by atoms with van der Waals surface area (Å²) in [6, 6.07) is 41.4. The third kappa shape index (κ3) is 2.55. The Bertz CT molecular complexity index is 1830. The number of aromatic nitrogens is 1. The topological polar surface area (TPSA) is 12.9 Å². The Labute approximate surface area is 185 Å². The summed E-state index contributed by atoms with van der Waals surface area (Å²) in [6.07, 6.45) is 0. The van der Waals surface area contributed by atoms with E-state index in [-0.39, 0.29) is 0 Å². The molecule has 1 aromatic heterocycles. The molecule has 0 aliphatic carbocycles. The van der Waals surface area contributed by atoms with E-state index in [1.807, 2.05) is 0 Å². The zero-order chi connectivity index (χ0) is 21.1. The van der Waals surface area contributed by atoms with Gasteiger partial charge in [0.05, 0.1) is 11.2 Å². The Hall–Kier alpha value is -4.23. The first-order chi connectivity index (χ1) is 15.8. The van der Waals surface area contributed by atoms with Crippen LogP contribution >= 0.6 is 0 Å². The molecular formula is C31H19N. The molecule has 1 heterocycles. The second-order valence-corrected chi connectivity index (χ2v) is 8.44. The minimum atomic E-state index is 1.01. The molecule has 0 N–H and O–H groups in total. The summed E-state index contributed by atoms with van der Waals surface area (Å²) >= 11 is 0. The summed E-state index contributed by atoms with van der Waals surface area (Å²) in [4.78, 5) is 5.08. The van der Waals surface area contributed by atoms with Gasteiger partial charge in [-0.25, -0.2) is 4.98 Å². The van der Waals surface area contributed by atoms with Gasteiger partial charge in [-0.15, -0.1) is 0 Å². The number of rotatable bonds is 1. The zero-order valence-corrected chi connectivity index (χ0v) is 17.4. The maximum Gasteiger partial charge on any atom is 0.0787 e. The van der Waals surface area contributed by atoms with Gasteiger partial charge in [0.25, 0.3) is 0 Å². The minimum Gasteiger partial charge on any atom is -0.247 e. The van der Waals surface area contributed by atoms with Crippen molar-refractivity contribution < 1.29 is 0 Å². The summed E-state index contributed by atoms with van der Waals surface area (Å²) in [7, 11) is 0. The normalized spacial score (nSPS) is 11.8. The van der Waals surface area contributed by atoms with Crippen LogP contribution in [0, 0.1) is 0 Å². The van der Waals surface area contributed by atoms with Gasteiger partial charge in [-0.3, -0.25) is 0 Å². The van der Waals surface area contributed by atoms with E-state index in [0.717, 1.165) is 16.8 Å². The highest BCUT2D eigenvalue weighted by Gasteiger charge is 2.08. The third-order valence-corrected chi connectivity index (χ3v) is 6.62. The summed E-state index contributed by atoms with van der Waals surface area (Å²) < 4.78 is 0. The molecule has 0 saturated carbocycles. The van der Waals surface area contributed by atoms with Crippen molar-refractivity contribution >= 4 is 54.0 Å². The highest BCUT2D eigenvalue weighted by molar-refractivity contribution is 6.17. The fourth-order valence-corrected chi connectivity index (χ4v) is 5.01. The molecule has 0 aliphatic heterocycles. The summed E-state index contributed by atoms with van der Waals surface area (Å²) in [5.74, 6) is 0. The first-order valence-corrected chi connectivity index (χ1v) is 11.0. The smallest absolute Gasteiger partial charge is 0.0787 e. The number of hydrogen-bond acceptors (Lipinski definition) is 1. The van der Waals surface area contributed by atoms with E-state index in [9.17, 15) is 0 Å². The van der Waals surface area contributed by atoms with Crippen LogP contribution < -0.4 is 0 Å². The lowest BCUT2D eigenvalue weighted by Gasteiger charge is -2.10. The van der Waals surface area contributed by atoms with Crippen molar-refractivity contribution in [1.82, 2.24) is 4.98 Å². The van der Waals surface area contributed by atoms with Crippen LogP contribution in [0.25, 0.3) is 65.3 Å². The molecule has 0 amide bonds. The molecule has 1 heteroatoms. The maximum absolute atomic E-state index is 5.08. The van der Waals surface area contributed by atoms with Crippen LogP contribution in [-0.2, 0) is 0 Å². The van der Waals surface area contributed by atoms with Crippen LogP contribution in [0.3, 0.4) is 0 Å². The predicted octanol–water partition coefficient (Wildman–Crippen LogP) is 8.51. The van der Waals surface area contributed by atoms with E-state index in [1.54, 1.807) is 0 Å². The largest absolute Gasteiger partial charge is 0.247 e. The Balaban J connectivity index is 1.44. The number of hydrogen-bond donors (Lipinski definition) is 0. The number of pyridine rings is 1. The van der Waals surface area contributed by atoms with Gasteiger partial charge in [-0.2, -0.15) is 0 Å². The molecule has 0 atom stereocenters. The molecule has 148 valence electrons. The van der Waals surface area contributed by atoms with Gasteiger partial charge in [-0.1, -0.05) is 103 Å². The van der Waals surface area contributed by atoms with Crippen molar-refractivity contribution in [2.75, 3.05) is 0 Å². The van der Waals surface area contributed by atoms with E-state index >= 15 is 0 Å². The molecule has 7 aromatic rings. The van der Waals surface area contributed by atoms with Crippen molar-refractivity contribution in [2.24, 2.45) is 0 Å². The van der Waals surface area contributed by atoms with Crippen molar-refractivity contribution in [3.8, 4) is 11.3 Å². The van der Waals surface area contributed by atoms with Crippen molar-refractivity contribution in [1.29, 1.82) is 0 Å². The first-order valence-electron chi connectivity index (χ1n) is 11.0. The van der Waals surface area contributed by atoms with E-state index in [4.69, 9.17) is 4.98 Å². The summed E-state index contributed by atoms with van der Waals surface area (Å²) in [6.45, 7) is 0. The molecule has 0 fully saturated rings. The quantitative estimate of drug-likeness (QED) is 0.249. The summed E-state index contributed by atoms with van der Waals surface area (Å²) in [5, 5.41) is 11.3. The average molecular weight is 406 g/mol. The Morgan fingerprint density at radius 2 is 0.938 bits per heavy atom. The first kappa shape index (κ1) is 17.5. The van der Waals surface area contributed by atoms with Crippen molar-refractivity contribution in [2.45, 2.75) is 0 Å². The van der Waals surface area contributed by atoms with Crippen LogP contribution in [0.1, 0.15) is 0 Å². The Kier molecular flexibility index (Phi) is 3.62. The zero-order valence-electron chi connectivity index (χ0n) is 17.4. The van der Waals surface area contributed by atoms with Gasteiger partial charge in [0.15, 0.2) is 0 Å². The number of nitrogens with zero attached hydrogens (tertiary/aromatic N) is 1. The van der Waals surface area contributed by atoms with Crippen LogP contribution in [0.4, 0.5) is 0 Å². The molecule has 32 heavy (non-hydrogen) atoms. The molecule has 0 bridgehead atoms. The number of benzene rings is 6. The van der Waals surface area contributed by atoms with Crippen molar-refractivity contribution in [3.63, 3.8) is 0 Å². The standard InChI is InChI=1S/C31H19N/c1-3-7-25-20(5-1)11-16-29-26-15-13-24(19-23(26)12-17-28(25)29)30-18-14-22-10-9-21-6-2-4-8-27(21)31(22)32-30/h1-19H. The third-order valence-electron chi connectivity index (χ3n) is 6.62. The van der Waals surface area contributed by atoms with Gasteiger partial charge in [-0.05, 0) is 49.8 Å².